The number of nitrogens with zero attached hydrogens (tertiary/aromatic N) is 4. The van der Waals surface area contributed by atoms with Gasteiger partial charge in [0.1, 0.15) is 17.7 Å². The largest absolute Gasteiger partial charge is 0.367 e. The van der Waals surface area contributed by atoms with E-state index in [1.165, 1.54) is 5.52 Å². The van der Waals surface area contributed by atoms with Crippen LogP contribution in [0.25, 0.3) is 11.0 Å². The van der Waals surface area contributed by atoms with E-state index in [4.69, 9.17) is 14.5 Å². The number of hydrogen-bond donors (Lipinski definition) is 1. The molecule has 2 heterocycles. The first-order chi connectivity index (χ1) is 18.1. The van der Waals surface area contributed by atoms with Gasteiger partial charge in [-0.25, -0.2) is 4.98 Å². The zero-order chi connectivity index (χ0) is 26.5. The predicted octanol–water partition coefficient (Wildman–Crippen LogP) is 5.24. The minimum atomic E-state index is -0.440. The molecular formula is C30H53N5O2. The maximum absolute atomic E-state index is 6.92. The quantitative estimate of drug-likeness (QED) is 0.274. The first kappa shape index (κ1) is 30.0. The van der Waals surface area contributed by atoms with E-state index in [-0.39, 0.29) is 6.23 Å². The van der Waals surface area contributed by atoms with Crippen LogP contribution in [-0.4, -0.2) is 84.6 Å². The third kappa shape index (κ3) is 8.24. The molecule has 0 bridgehead atoms. The molecule has 1 N–H and O–H groups in total. The molecule has 1 aliphatic heterocycles. The Morgan fingerprint density at radius 3 is 2.30 bits per heavy atom. The second-order valence-electron chi connectivity index (χ2n) is 10.3. The SMILES string of the molecule is CCCCn1c(C2(OCCCN(CC)CC)CCNC(OCCCN(CC)CC)C2)nc2ccccc21. The van der Waals surface area contributed by atoms with Gasteiger partial charge in [-0.05, 0) is 64.0 Å². The summed E-state index contributed by atoms with van der Waals surface area (Å²) in [7, 11) is 0. The molecule has 3 rings (SSSR count). The highest BCUT2D eigenvalue weighted by molar-refractivity contribution is 5.76. The second kappa shape index (κ2) is 15.8. The Balaban J connectivity index is 1.80. The zero-order valence-corrected chi connectivity index (χ0v) is 24.3. The van der Waals surface area contributed by atoms with Gasteiger partial charge in [0, 0.05) is 45.8 Å². The van der Waals surface area contributed by atoms with Crippen molar-refractivity contribution in [2.45, 2.75) is 91.5 Å². The molecule has 1 aromatic heterocycles. The van der Waals surface area contributed by atoms with Gasteiger partial charge in [-0.2, -0.15) is 0 Å². The van der Waals surface area contributed by atoms with Crippen molar-refractivity contribution in [2.75, 3.05) is 59.0 Å². The van der Waals surface area contributed by atoms with Gasteiger partial charge in [0.2, 0.25) is 0 Å². The number of aromatic nitrogens is 2. The van der Waals surface area contributed by atoms with Gasteiger partial charge in [0.15, 0.2) is 0 Å². The summed E-state index contributed by atoms with van der Waals surface area (Å²) in [5.41, 5.74) is 1.84. The molecule has 2 aromatic rings. The van der Waals surface area contributed by atoms with Gasteiger partial charge in [-0.3, -0.25) is 5.32 Å². The summed E-state index contributed by atoms with van der Waals surface area (Å²) in [5.74, 6) is 1.09. The Labute approximate surface area is 225 Å². The van der Waals surface area contributed by atoms with Crippen LogP contribution in [0.3, 0.4) is 0 Å². The number of aryl methyl sites for hydroxylation is 1. The summed E-state index contributed by atoms with van der Waals surface area (Å²) in [6, 6.07) is 8.55. The van der Waals surface area contributed by atoms with Crippen molar-refractivity contribution in [1.29, 1.82) is 0 Å². The van der Waals surface area contributed by atoms with Crippen molar-refractivity contribution in [3.8, 4) is 0 Å². The highest BCUT2D eigenvalue weighted by Gasteiger charge is 2.43. The number of fused-ring (bicyclic) bond motifs is 1. The summed E-state index contributed by atoms with van der Waals surface area (Å²) in [6.07, 6.45) is 6.05. The highest BCUT2D eigenvalue weighted by atomic mass is 16.5. The third-order valence-electron chi connectivity index (χ3n) is 7.94. The van der Waals surface area contributed by atoms with Crippen LogP contribution >= 0.6 is 0 Å². The number of para-hydroxylation sites is 2. The van der Waals surface area contributed by atoms with E-state index in [9.17, 15) is 0 Å². The lowest BCUT2D eigenvalue weighted by Gasteiger charge is -2.41. The number of unbranched alkanes of at least 4 members (excludes halogenated alkanes) is 1. The van der Waals surface area contributed by atoms with Crippen LogP contribution < -0.4 is 5.32 Å². The fourth-order valence-electron chi connectivity index (χ4n) is 5.54. The molecule has 1 aliphatic rings. The summed E-state index contributed by atoms with van der Waals surface area (Å²) in [4.78, 5) is 10.1. The van der Waals surface area contributed by atoms with Crippen LogP contribution in [0.5, 0.6) is 0 Å². The van der Waals surface area contributed by atoms with E-state index in [1.807, 2.05) is 0 Å². The number of nitrogens with one attached hydrogen (secondary N) is 1. The normalized spacial score (nSPS) is 20.5. The van der Waals surface area contributed by atoms with E-state index in [2.05, 4.69) is 78.6 Å². The number of imidazole rings is 1. The number of benzene rings is 1. The number of piperidine rings is 1. The molecule has 1 aromatic carbocycles. The third-order valence-corrected chi connectivity index (χ3v) is 7.94. The summed E-state index contributed by atoms with van der Waals surface area (Å²) < 4.78 is 15.8. The molecule has 1 fully saturated rings. The standard InChI is InChI=1S/C30H53N5O2/c1-6-11-22-35-27-17-13-12-16-26(27)32-29(35)30(37-24-15-21-34(9-4)10-5)18-19-31-28(25-30)36-23-14-20-33(7-2)8-3/h12-13,16-17,28,31H,6-11,14-15,18-25H2,1-5H3. The first-order valence-corrected chi connectivity index (χ1v) is 15.0. The lowest BCUT2D eigenvalue weighted by Crippen LogP contribution is -2.50. The Morgan fingerprint density at radius 2 is 1.62 bits per heavy atom. The molecule has 7 heteroatoms. The topological polar surface area (TPSA) is 54.8 Å². The molecule has 0 aliphatic carbocycles. The highest BCUT2D eigenvalue weighted by Crippen LogP contribution is 2.38. The van der Waals surface area contributed by atoms with Crippen LogP contribution in [0.1, 0.15) is 79.0 Å². The molecular weight excluding hydrogens is 462 g/mol. The van der Waals surface area contributed by atoms with Gasteiger partial charge >= 0.3 is 0 Å². The van der Waals surface area contributed by atoms with Gasteiger partial charge in [0.05, 0.1) is 11.0 Å². The number of ether oxygens (including phenoxy) is 2. The van der Waals surface area contributed by atoms with Gasteiger partial charge < -0.3 is 23.8 Å². The van der Waals surface area contributed by atoms with Gasteiger partial charge in [-0.15, -0.1) is 0 Å². The Kier molecular flexibility index (Phi) is 12.8. The molecule has 2 unspecified atom stereocenters. The minimum absolute atomic E-state index is 0.0207. The molecule has 0 amide bonds. The van der Waals surface area contributed by atoms with Crippen molar-refractivity contribution in [3.63, 3.8) is 0 Å². The van der Waals surface area contributed by atoms with Gasteiger partial charge in [0.25, 0.3) is 0 Å². The molecule has 0 saturated carbocycles. The van der Waals surface area contributed by atoms with E-state index in [1.54, 1.807) is 0 Å². The minimum Gasteiger partial charge on any atom is -0.367 e. The Morgan fingerprint density at radius 1 is 0.946 bits per heavy atom. The van der Waals surface area contributed by atoms with Crippen LogP contribution in [0.15, 0.2) is 24.3 Å². The maximum atomic E-state index is 6.92. The summed E-state index contributed by atoms with van der Waals surface area (Å²) >= 11 is 0. The summed E-state index contributed by atoms with van der Waals surface area (Å²) in [6.45, 7) is 21.0. The van der Waals surface area contributed by atoms with E-state index in [0.29, 0.717) is 0 Å². The van der Waals surface area contributed by atoms with Crippen molar-refractivity contribution < 1.29 is 9.47 Å². The smallest absolute Gasteiger partial charge is 0.142 e. The predicted molar refractivity (Wildman–Crippen MR) is 154 cm³/mol. The fraction of sp³-hybridized carbons (Fsp3) is 0.767. The second-order valence-corrected chi connectivity index (χ2v) is 10.3. The van der Waals surface area contributed by atoms with E-state index < -0.39 is 5.60 Å². The fourth-order valence-corrected chi connectivity index (χ4v) is 5.54. The average Bonchev–Trinajstić information content (AvgIpc) is 3.31. The molecule has 37 heavy (non-hydrogen) atoms. The molecule has 2 atom stereocenters. The van der Waals surface area contributed by atoms with Crippen molar-refractivity contribution in [3.05, 3.63) is 30.1 Å². The zero-order valence-electron chi connectivity index (χ0n) is 24.3. The molecule has 0 spiro atoms. The number of hydrogen-bond acceptors (Lipinski definition) is 6. The van der Waals surface area contributed by atoms with Crippen LogP contribution in [-0.2, 0) is 21.6 Å². The van der Waals surface area contributed by atoms with Crippen LogP contribution in [0.4, 0.5) is 0 Å². The molecule has 1 saturated heterocycles. The molecule has 210 valence electrons. The molecule has 0 radical (unpaired) electrons. The van der Waals surface area contributed by atoms with Crippen molar-refractivity contribution in [1.82, 2.24) is 24.7 Å². The monoisotopic (exact) mass is 515 g/mol. The average molecular weight is 516 g/mol. The van der Waals surface area contributed by atoms with E-state index in [0.717, 1.165) is 115 Å². The Hall–Kier alpha value is -1.51. The Bertz CT molecular complexity index is 895. The maximum Gasteiger partial charge on any atom is 0.142 e. The van der Waals surface area contributed by atoms with Crippen LogP contribution in [0.2, 0.25) is 0 Å². The van der Waals surface area contributed by atoms with Crippen molar-refractivity contribution in [2.24, 2.45) is 0 Å². The lowest BCUT2D eigenvalue weighted by atomic mass is 9.89. The van der Waals surface area contributed by atoms with Gasteiger partial charge in [-0.1, -0.05) is 53.2 Å². The van der Waals surface area contributed by atoms with Crippen LogP contribution in [0, 0.1) is 0 Å². The summed E-state index contributed by atoms with van der Waals surface area (Å²) in [5, 5.41) is 3.62. The number of rotatable bonds is 18. The molecule has 7 nitrogen and oxygen atoms in total. The van der Waals surface area contributed by atoms with Crippen molar-refractivity contribution >= 4 is 11.0 Å². The van der Waals surface area contributed by atoms with E-state index >= 15 is 0 Å². The first-order valence-electron chi connectivity index (χ1n) is 15.0. The lowest BCUT2D eigenvalue weighted by molar-refractivity contribution is -0.130.